The summed E-state index contributed by atoms with van der Waals surface area (Å²) in [7, 11) is 0. The summed E-state index contributed by atoms with van der Waals surface area (Å²) in [5.41, 5.74) is 1.03. The van der Waals surface area contributed by atoms with Gasteiger partial charge in [-0.05, 0) is 23.1 Å². The van der Waals surface area contributed by atoms with Crippen molar-refractivity contribution in [2.75, 3.05) is 5.94 Å². The molecule has 82 valence electrons. The van der Waals surface area contributed by atoms with E-state index >= 15 is 0 Å². The Morgan fingerprint density at radius 3 is 2.60 bits per heavy atom. The molecular formula is C10H11O4S-. The van der Waals surface area contributed by atoms with Gasteiger partial charge in [0.2, 0.25) is 0 Å². The number of carbonyl (C=O) groups excluding carboxylic acids is 1. The normalized spacial score (nSPS) is 12.1. The number of ether oxygens (including phenoxy) is 1. The molecule has 1 rings (SSSR count). The average Bonchev–Trinajstić information content (AvgIpc) is 2.25. The summed E-state index contributed by atoms with van der Waals surface area (Å²) in [6.45, 7) is 0. The van der Waals surface area contributed by atoms with E-state index < -0.39 is 23.0 Å². The van der Waals surface area contributed by atoms with Gasteiger partial charge in [0.1, 0.15) is 0 Å². The SMILES string of the molecule is O=C(CCc1ccccc1)OCS(=O)[O-]. The number of aryl methyl sites for hydroxylation is 1. The van der Waals surface area contributed by atoms with Crippen LogP contribution in [0.15, 0.2) is 30.3 Å². The van der Waals surface area contributed by atoms with Gasteiger partial charge in [-0.2, -0.15) is 0 Å². The van der Waals surface area contributed by atoms with Crippen LogP contribution < -0.4 is 0 Å². The molecule has 0 spiro atoms. The topological polar surface area (TPSA) is 66.4 Å². The van der Waals surface area contributed by atoms with Crippen LogP contribution >= 0.6 is 0 Å². The molecule has 0 saturated heterocycles. The van der Waals surface area contributed by atoms with Crippen LogP contribution in [0.2, 0.25) is 0 Å². The lowest BCUT2D eigenvalue weighted by Gasteiger charge is -2.06. The molecule has 1 aromatic carbocycles. The highest BCUT2D eigenvalue weighted by Gasteiger charge is 2.02. The zero-order chi connectivity index (χ0) is 11.1. The Morgan fingerprint density at radius 1 is 1.33 bits per heavy atom. The van der Waals surface area contributed by atoms with Gasteiger partial charge in [0, 0.05) is 6.42 Å². The average molecular weight is 227 g/mol. The number of rotatable bonds is 5. The smallest absolute Gasteiger partial charge is 0.307 e. The lowest BCUT2D eigenvalue weighted by atomic mass is 10.1. The van der Waals surface area contributed by atoms with Crippen LogP contribution in [0.4, 0.5) is 0 Å². The van der Waals surface area contributed by atoms with Gasteiger partial charge in [0.25, 0.3) is 0 Å². The van der Waals surface area contributed by atoms with Crippen molar-refractivity contribution in [2.24, 2.45) is 0 Å². The van der Waals surface area contributed by atoms with Crippen molar-refractivity contribution in [1.82, 2.24) is 0 Å². The molecule has 1 aromatic rings. The minimum absolute atomic E-state index is 0.196. The molecular weight excluding hydrogens is 216 g/mol. The van der Waals surface area contributed by atoms with E-state index in [1.165, 1.54) is 0 Å². The second-order valence-corrected chi connectivity index (χ2v) is 3.77. The molecule has 0 aliphatic heterocycles. The van der Waals surface area contributed by atoms with Gasteiger partial charge < -0.3 is 9.29 Å². The summed E-state index contributed by atoms with van der Waals surface area (Å²) in [4.78, 5) is 11.0. The monoisotopic (exact) mass is 227 g/mol. The van der Waals surface area contributed by atoms with Crippen molar-refractivity contribution in [3.8, 4) is 0 Å². The van der Waals surface area contributed by atoms with Gasteiger partial charge in [-0.3, -0.25) is 9.00 Å². The molecule has 5 heteroatoms. The van der Waals surface area contributed by atoms with E-state index in [1.807, 2.05) is 30.3 Å². The van der Waals surface area contributed by atoms with E-state index in [0.29, 0.717) is 6.42 Å². The molecule has 1 atom stereocenters. The molecule has 0 radical (unpaired) electrons. The standard InChI is InChI=1S/C10H12O4S/c11-10(14-8-15(12)13)7-6-9-4-2-1-3-5-9/h1-5H,6-8H2,(H,12,13)/p-1. The number of benzene rings is 1. The van der Waals surface area contributed by atoms with Gasteiger partial charge in [-0.1, -0.05) is 30.3 Å². The number of hydrogen-bond acceptors (Lipinski definition) is 4. The molecule has 15 heavy (non-hydrogen) atoms. The van der Waals surface area contributed by atoms with E-state index in [2.05, 4.69) is 4.74 Å². The minimum Gasteiger partial charge on any atom is -0.770 e. The molecule has 4 nitrogen and oxygen atoms in total. The quantitative estimate of drug-likeness (QED) is 0.556. The summed E-state index contributed by atoms with van der Waals surface area (Å²) >= 11 is -2.33. The van der Waals surface area contributed by atoms with E-state index in [9.17, 15) is 13.6 Å². The molecule has 0 bridgehead atoms. The highest BCUT2D eigenvalue weighted by atomic mass is 32.2. The van der Waals surface area contributed by atoms with Crippen molar-refractivity contribution < 1.29 is 18.3 Å². The third kappa shape index (κ3) is 5.29. The first-order chi connectivity index (χ1) is 7.18. The zero-order valence-corrected chi connectivity index (χ0v) is 8.87. The Hall–Kier alpha value is -1.20. The summed E-state index contributed by atoms with van der Waals surface area (Å²) in [5.74, 6) is -1.06. The first-order valence-corrected chi connectivity index (χ1v) is 5.68. The first-order valence-electron chi connectivity index (χ1n) is 4.44. The fourth-order valence-corrected chi connectivity index (χ4v) is 1.30. The van der Waals surface area contributed by atoms with Crippen molar-refractivity contribution >= 4 is 17.0 Å². The molecule has 0 saturated carbocycles. The predicted molar refractivity (Wildman–Crippen MR) is 54.6 cm³/mol. The van der Waals surface area contributed by atoms with E-state index in [1.54, 1.807) is 0 Å². The summed E-state index contributed by atoms with van der Waals surface area (Å²) < 4.78 is 24.7. The Balaban J connectivity index is 2.26. The van der Waals surface area contributed by atoms with Crippen LogP contribution in [0.25, 0.3) is 0 Å². The second kappa shape index (κ2) is 6.31. The number of carbonyl (C=O) groups is 1. The lowest BCUT2D eigenvalue weighted by Crippen LogP contribution is -2.10. The summed E-state index contributed by atoms with van der Waals surface area (Å²) in [6, 6.07) is 9.46. The van der Waals surface area contributed by atoms with Crippen molar-refractivity contribution in [2.45, 2.75) is 12.8 Å². The number of esters is 1. The lowest BCUT2D eigenvalue weighted by molar-refractivity contribution is -0.141. The van der Waals surface area contributed by atoms with Crippen LogP contribution in [-0.2, 0) is 27.0 Å². The highest BCUT2D eigenvalue weighted by molar-refractivity contribution is 7.78. The van der Waals surface area contributed by atoms with Gasteiger partial charge in [-0.15, -0.1) is 0 Å². The fraction of sp³-hybridized carbons (Fsp3) is 0.300. The third-order valence-corrected chi connectivity index (χ3v) is 2.09. The Labute approximate surface area is 90.5 Å². The first kappa shape index (κ1) is 11.9. The van der Waals surface area contributed by atoms with Gasteiger partial charge in [0.15, 0.2) is 5.94 Å². The highest BCUT2D eigenvalue weighted by Crippen LogP contribution is 2.03. The largest absolute Gasteiger partial charge is 0.770 e. The maximum Gasteiger partial charge on any atom is 0.307 e. The maximum absolute atomic E-state index is 11.0. The van der Waals surface area contributed by atoms with E-state index in [0.717, 1.165) is 5.56 Å². The van der Waals surface area contributed by atoms with Crippen LogP contribution in [0, 0.1) is 0 Å². The zero-order valence-electron chi connectivity index (χ0n) is 8.05. The third-order valence-electron chi connectivity index (χ3n) is 1.78. The summed E-state index contributed by atoms with van der Waals surface area (Å²) in [6.07, 6.45) is 0.756. The molecule has 1 unspecified atom stereocenters. The van der Waals surface area contributed by atoms with Crippen molar-refractivity contribution in [3.05, 3.63) is 35.9 Å². The van der Waals surface area contributed by atoms with Crippen LogP contribution in [0.5, 0.6) is 0 Å². The van der Waals surface area contributed by atoms with Crippen LogP contribution in [0.1, 0.15) is 12.0 Å². The molecule has 0 fully saturated rings. The minimum atomic E-state index is -2.33. The maximum atomic E-state index is 11.0. The van der Waals surface area contributed by atoms with Crippen molar-refractivity contribution in [3.63, 3.8) is 0 Å². The Morgan fingerprint density at radius 2 is 2.00 bits per heavy atom. The Bertz CT molecular complexity index is 337. The molecule has 0 N–H and O–H groups in total. The van der Waals surface area contributed by atoms with Crippen LogP contribution in [0.3, 0.4) is 0 Å². The van der Waals surface area contributed by atoms with Gasteiger partial charge in [0.05, 0.1) is 0 Å². The van der Waals surface area contributed by atoms with Gasteiger partial charge in [-0.25, -0.2) is 0 Å². The van der Waals surface area contributed by atoms with E-state index in [-0.39, 0.29) is 6.42 Å². The van der Waals surface area contributed by atoms with Crippen LogP contribution in [-0.4, -0.2) is 20.7 Å². The summed E-state index contributed by atoms with van der Waals surface area (Å²) in [5, 5.41) is 0. The fourth-order valence-electron chi connectivity index (χ4n) is 1.08. The number of hydrogen-bond donors (Lipinski definition) is 0. The molecule has 0 aliphatic carbocycles. The van der Waals surface area contributed by atoms with Gasteiger partial charge >= 0.3 is 5.97 Å². The second-order valence-electron chi connectivity index (χ2n) is 2.92. The molecule has 0 amide bonds. The van der Waals surface area contributed by atoms with E-state index in [4.69, 9.17) is 0 Å². The van der Waals surface area contributed by atoms with Crippen molar-refractivity contribution in [1.29, 1.82) is 0 Å². The molecule has 0 aliphatic rings. The molecule has 0 aromatic heterocycles. The Kier molecular flexibility index (Phi) is 5.00. The predicted octanol–water partition coefficient (Wildman–Crippen LogP) is 0.999. The molecule has 0 heterocycles.